The summed E-state index contributed by atoms with van der Waals surface area (Å²) < 4.78 is 1.41. The summed E-state index contributed by atoms with van der Waals surface area (Å²) in [6, 6.07) is 6.96. The van der Waals surface area contributed by atoms with Gasteiger partial charge in [0.25, 0.3) is 5.56 Å². The molecular weight excluding hydrogens is 166 g/mol. The molecule has 0 saturated heterocycles. The van der Waals surface area contributed by atoms with E-state index in [0.717, 1.165) is 5.69 Å². The van der Waals surface area contributed by atoms with Crippen LogP contribution in [0.15, 0.2) is 35.3 Å². The highest BCUT2D eigenvalue weighted by Gasteiger charge is 2.01. The Hall–Kier alpha value is -1.84. The quantitative estimate of drug-likeness (QED) is 0.699. The average Bonchev–Trinajstić information content (AvgIpc) is 2.47. The third-order valence-electron chi connectivity index (χ3n) is 1.73. The summed E-state index contributed by atoms with van der Waals surface area (Å²) in [6.45, 7) is 1.83. The first-order chi connectivity index (χ1) is 6.27. The Kier molecular flexibility index (Phi) is 1.73. The molecule has 4 nitrogen and oxygen atoms in total. The Morgan fingerprint density at radius 1 is 1.46 bits per heavy atom. The maximum atomic E-state index is 11.3. The van der Waals surface area contributed by atoms with E-state index in [9.17, 15) is 4.79 Å². The van der Waals surface area contributed by atoms with E-state index in [2.05, 4.69) is 10.1 Å². The van der Waals surface area contributed by atoms with Crippen LogP contribution < -0.4 is 5.56 Å². The lowest BCUT2D eigenvalue weighted by Gasteiger charge is -1.98. The van der Waals surface area contributed by atoms with E-state index in [1.807, 2.05) is 19.1 Å². The normalized spacial score (nSPS) is 10.2. The average molecular weight is 175 g/mol. The standard InChI is InChI=1S/C9H9N3O/c1-7-6-9(13)12(11-7)8-4-2-3-5-10-8/h2-6,11H,1H3. The second-order valence-electron chi connectivity index (χ2n) is 2.80. The molecule has 0 fully saturated rings. The number of aromatic amines is 1. The molecule has 0 radical (unpaired) electrons. The van der Waals surface area contributed by atoms with Gasteiger partial charge in [-0.05, 0) is 19.1 Å². The lowest BCUT2D eigenvalue weighted by atomic mass is 10.5. The zero-order chi connectivity index (χ0) is 9.26. The van der Waals surface area contributed by atoms with Crippen LogP contribution in [-0.4, -0.2) is 14.8 Å². The molecule has 2 rings (SSSR count). The van der Waals surface area contributed by atoms with Crippen molar-refractivity contribution in [2.45, 2.75) is 6.92 Å². The van der Waals surface area contributed by atoms with E-state index in [1.54, 1.807) is 12.3 Å². The highest BCUT2D eigenvalue weighted by Crippen LogP contribution is 1.97. The number of aromatic nitrogens is 3. The second-order valence-corrected chi connectivity index (χ2v) is 2.80. The number of pyridine rings is 1. The summed E-state index contributed by atoms with van der Waals surface area (Å²) in [4.78, 5) is 15.4. The first-order valence-corrected chi connectivity index (χ1v) is 3.97. The van der Waals surface area contributed by atoms with Crippen LogP contribution >= 0.6 is 0 Å². The summed E-state index contributed by atoms with van der Waals surface area (Å²) in [5, 5.41) is 2.90. The van der Waals surface area contributed by atoms with Crippen molar-refractivity contribution in [1.82, 2.24) is 14.8 Å². The minimum atomic E-state index is -0.0869. The fraction of sp³-hybridized carbons (Fsp3) is 0.111. The molecule has 0 aliphatic rings. The molecule has 0 aromatic carbocycles. The highest BCUT2D eigenvalue weighted by atomic mass is 16.1. The van der Waals surface area contributed by atoms with Crippen molar-refractivity contribution in [2.24, 2.45) is 0 Å². The van der Waals surface area contributed by atoms with Crippen molar-refractivity contribution in [3.05, 3.63) is 46.5 Å². The van der Waals surface area contributed by atoms with Crippen molar-refractivity contribution < 1.29 is 0 Å². The predicted molar refractivity (Wildman–Crippen MR) is 48.9 cm³/mol. The van der Waals surface area contributed by atoms with Gasteiger partial charge in [0.1, 0.15) is 0 Å². The lowest BCUT2D eigenvalue weighted by Crippen LogP contribution is -2.14. The summed E-state index contributed by atoms with van der Waals surface area (Å²) in [7, 11) is 0. The SMILES string of the molecule is Cc1cc(=O)n(-c2ccccn2)[nH]1. The summed E-state index contributed by atoms with van der Waals surface area (Å²) in [5.41, 5.74) is 0.742. The number of H-pyrrole nitrogens is 1. The Morgan fingerprint density at radius 2 is 2.31 bits per heavy atom. The fourth-order valence-electron chi connectivity index (χ4n) is 1.17. The smallest absolute Gasteiger partial charge is 0.272 e. The van der Waals surface area contributed by atoms with Gasteiger partial charge in [-0.3, -0.25) is 9.89 Å². The minimum absolute atomic E-state index is 0.0869. The first kappa shape index (κ1) is 7.79. The molecule has 0 aliphatic carbocycles. The van der Waals surface area contributed by atoms with Crippen LogP contribution in [0.1, 0.15) is 5.69 Å². The number of rotatable bonds is 1. The van der Waals surface area contributed by atoms with E-state index in [4.69, 9.17) is 0 Å². The van der Waals surface area contributed by atoms with E-state index in [1.165, 1.54) is 10.7 Å². The minimum Gasteiger partial charge on any atom is -0.294 e. The molecule has 66 valence electrons. The van der Waals surface area contributed by atoms with Gasteiger partial charge in [0.2, 0.25) is 0 Å². The van der Waals surface area contributed by atoms with Gasteiger partial charge in [-0.25, -0.2) is 9.67 Å². The zero-order valence-corrected chi connectivity index (χ0v) is 7.19. The van der Waals surface area contributed by atoms with Gasteiger partial charge in [0, 0.05) is 18.0 Å². The van der Waals surface area contributed by atoms with Gasteiger partial charge in [-0.2, -0.15) is 0 Å². The molecule has 0 atom stereocenters. The molecule has 0 spiro atoms. The number of nitrogens with one attached hydrogen (secondary N) is 1. The number of hydrogen-bond donors (Lipinski definition) is 1. The molecule has 0 saturated carbocycles. The number of aryl methyl sites for hydroxylation is 1. The van der Waals surface area contributed by atoms with Crippen molar-refractivity contribution >= 4 is 0 Å². The first-order valence-electron chi connectivity index (χ1n) is 3.97. The van der Waals surface area contributed by atoms with Crippen molar-refractivity contribution in [1.29, 1.82) is 0 Å². The number of hydrogen-bond acceptors (Lipinski definition) is 2. The maximum absolute atomic E-state index is 11.3. The van der Waals surface area contributed by atoms with E-state index in [0.29, 0.717) is 5.82 Å². The molecule has 2 aromatic rings. The Balaban J connectivity index is 2.59. The monoisotopic (exact) mass is 175 g/mol. The summed E-state index contributed by atoms with van der Waals surface area (Å²) >= 11 is 0. The molecule has 13 heavy (non-hydrogen) atoms. The highest BCUT2D eigenvalue weighted by molar-refractivity contribution is 5.20. The molecule has 2 heterocycles. The van der Waals surface area contributed by atoms with E-state index < -0.39 is 0 Å². The van der Waals surface area contributed by atoms with Crippen LogP contribution in [0.2, 0.25) is 0 Å². The van der Waals surface area contributed by atoms with Crippen LogP contribution in [0, 0.1) is 6.92 Å². The fourth-order valence-corrected chi connectivity index (χ4v) is 1.17. The van der Waals surface area contributed by atoms with E-state index >= 15 is 0 Å². The molecule has 0 aliphatic heterocycles. The summed E-state index contributed by atoms with van der Waals surface area (Å²) in [5.74, 6) is 0.612. The molecule has 2 aromatic heterocycles. The van der Waals surface area contributed by atoms with Gasteiger partial charge in [0.15, 0.2) is 5.82 Å². The van der Waals surface area contributed by atoms with Gasteiger partial charge >= 0.3 is 0 Å². The van der Waals surface area contributed by atoms with Crippen molar-refractivity contribution in [3.8, 4) is 5.82 Å². The number of nitrogens with zero attached hydrogens (tertiary/aromatic N) is 2. The Bertz CT molecular complexity index is 455. The molecule has 4 heteroatoms. The largest absolute Gasteiger partial charge is 0.294 e. The van der Waals surface area contributed by atoms with Crippen molar-refractivity contribution in [3.63, 3.8) is 0 Å². The Labute approximate surface area is 74.8 Å². The van der Waals surface area contributed by atoms with Crippen LogP contribution in [0.25, 0.3) is 5.82 Å². The lowest BCUT2D eigenvalue weighted by molar-refractivity contribution is 0.807. The van der Waals surface area contributed by atoms with Crippen LogP contribution in [0.5, 0.6) is 0 Å². The third kappa shape index (κ3) is 1.38. The van der Waals surface area contributed by atoms with E-state index in [-0.39, 0.29) is 5.56 Å². The van der Waals surface area contributed by atoms with Crippen LogP contribution in [-0.2, 0) is 0 Å². The van der Waals surface area contributed by atoms with Gasteiger partial charge in [0.05, 0.1) is 0 Å². The molecule has 0 amide bonds. The molecular formula is C9H9N3O. The topological polar surface area (TPSA) is 50.7 Å². The zero-order valence-electron chi connectivity index (χ0n) is 7.19. The third-order valence-corrected chi connectivity index (χ3v) is 1.73. The van der Waals surface area contributed by atoms with Crippen LogP contribution in [0.4, 0.5) is 0 Å². The van der Waals surface area contributed by atoms with Crippen LogP contribution in [0.3, 0.4) is 0 Å². The van der Waals surface area contributed by atoms with Crippen molar-refractivity contribution in [2.75, 3.05) is 0 Å². The summed E-state index contributed by atoms with van der Waals surface area (Å²) in [6.07, 6.45) is 1.65. The molecule has 1 N–H and O–H groups in total. The molecule has 0 bridgehead atoms. The van der Waals surface area contributed by atoms with Gasteiger partial charge < -0.3 is 0 Å². The Morgan fingerprint density at radius 3 is 2.85 bits per heavy atom. The molecule has 0 unspecified atom stereocenters. The maximum Gasteiger partial charge on any atom is 0.272 e. The second kappa shape index (κ2) is 2.90. The van der Waals surface area contributed by atoms with Gasteiger partial charge in [-0.1, -0.05) is 6.07 Å². The predicted octanol–water partition coefficient (Wildman–Crippen LogP) is 0.869. The van der Waals surface area contributed by atoms with Gasteiger partial charge in [-0.15, -0.1) is 0 Å².